The highest BCUT2D eigenvalue weighted by Gasteiger charge is 2.35. The Morgan fingerprint density at radius 1 is 1.08 bits per heavy atom. The molecule has 5 rings (SSSR count). The van der Waals surface area contributed by atoms with Gasteiger partial charge in [-0.15, -0.1) is 10.2 Å². The first-order valence-electron chi connectivity index (χ1n) is 9.41. The summed E-state index contributed by atoms with van der Waals surface area (Å²) in [5, 5.41) is 25.8. The molecule has 3 N–H and O–H groups in total. The second-order valence-corrected chi connectivity index (χ2v) is 7.35. The monoisotopic (exact) mass is 352 g/mol. The van der Waals surface area contributed by atoms with Gasteiger partial charge in [0.2, 0.25) is 0 Å². The van der Waals surface area contributed by atoms with Crippen molar-refractivity contribution in [1.82, 2.24) is 20.4 Å². The minimum atomic E-state index is 0.237. The normalized spacial score (nSPS) is 25.5. The number of para-hydroxylation sites is 1. The first-order chi connectivity index (χ1) is 12.8. The predicted molar refractivity (Wildman–Crippen MR) is 102 cm³/mol. The lowest BCUT2D eigenvalue weighted by molar-refractivity contribution is 0.171. The fourth-order valence-electron chi connectivity index (χ4n) is 4.42. The third-order valence-electron chi connectivity index (χ3n) is 5.83. The van der Waals surface area contributed by atoms with E-state index in [0.717, 1.165) is 56.3 Å². The summed E-state index contributed by atoms with van der Waals surface area (Å²) in [6.07, 6.45) is 1.25. The number of hydrogen-bond acceptors (Lipinski definition) is 7. The number of anilines is 2. The molecule has 1 aromatic carbocycles. The Bertz CT molecular complexity index is 806. The topological polar surface area (TPSA) is 76.5 Å². The second-order valence-electron chi connectivity index (χ2n) is 7.35. The molecule has 0 bridgehead atoms. The van der Waals surface area contributed by atoms with Crippen LogP contribution < -0.4 is 15.5 Å². The molecular weight excluding hydrogens is 328 g/mol. The smallest absolute Gasteiger partial charge is 0.172 e. The Labute approximate surface area is 153 Å². The molecule has 1 aromatic heterocycles. The van der Waals surface area contributed by atoms with Crippen LogP contribution in [0.5, 0.6) is 5.75 Å². The number of nitrogens with one attached hydrogen (secondary N) is 2. The molecule has 0 spiro atoms. The lowest BCUT2D eigenvalue weighted by Gasteiger charge is -2.47. The number of hydrogen-bond donors (Lipinski definition) is 3. The molecule has 0 saturated carbocycles. The molecule has 3 aliphatic heterocycles. The lowest BCUT2D eigenvalue weighted by Crippen LogP contribution is -2.60. The zero-order chi connectivity index (χ0) is 17.5. The van der Waals surface area contributed by atoms with Gasteiger partial charge in [-0.25, -0.2) is 0 Å². The molecule has 2 unspecified atom stereocenters. The van der Waals surface area contributed by atoms with Gasteiger partial charge in [-0.1, -0.05) is 12.1 Å². The van der Waals surface area contributed by atoms with Crippen LogP contribution in [0.25, 0.3) is 11.3 Å². The van der Waals surface area contributed by atoms with Crippen molar-refractivity contribution >= 4 is 11.5 Å². The predicted octanol–water partition coefficient (Wildman–Crippen LogP) is 1.13. The van der Waals surface area contributed by atoms with Crippen LogP contribution in [0.4, 0.5) is 11.5 Å². The third kappa shape index (κ3) is 2.68. The number of aromatic nitrogens is 2. The van der Waals surface area contributed by atoms with Crippen molar-refractivity contribution in [1.29, 1.82) is 0 Å². The molecule has 0 aliphatic carbocycles. The van der Waals surface area contributed by atoms with E-state index in [1.165, 1.54) is 6.42 Å². The molecule has 7 nitrogen and oxygen atoms in total. The van der Waals surface area contributed by atoms with Crippen molar-refractivity contribution in [2.45, 2.75) is 18.5 Å². The molecule has 7 heteroatoms. The standard InChI is InChI=1S/C19H24N6O/c26-18-4-2-1-3-15(18)16-9-17-19(23-22-16)21-11-14-12-24(7-8-25(14)17)13-5-6-20-10-13/h1-4,9,13-14,20,26H,5-8,10-12H2,(H,21,23). The van der Waals surface area contributed by atoms with Gasteiger partial charge in [0.25, 0.3) is 0 Å². The number of benzene rings is 1. The quantitative estimate of drug-likeness (QED) is 0.748. The summed E-state index contributed by atoms with van der Waals surface area (Å²) < 4.78 is 0. The Morgan fingerprint density at radius 3 is 2.85 bits per heavy atom. The summed E-state index contributed by atoms with van der Waals surface area (Å²) in [6.45, 7) is 6.30. The maximum atomic E-state index is 10.1. The van der Waals surface area contributed by atoms with Gasteiger partial charge in [-0.05, 0) is 31.2 Å². The van der Waals surface area contributed by atoms with Crippen LogP contribution in [0.2, 0.25) is 0 Å². The molecule has 136 valence electrons. The van der Waals surface area contributed by atoms with E-state index < -0.39 is 0 Å². The summed E-state index contributed by atoms with van der Waals surface area (Å²) in [7, 11) is 0. The fourth-order valence-corrected chi connectivity index (χ4v) is 4.42. The highest BCUT2D eigenvalue weighted by molar-refractivity contribution is 5.76. The minimum absolute atomic E-state index is 0.237. The van der Waals surface area contributed by atoms with Gasteiger partial charge in [0.15, 0.2) is 5.82 Å². The first-order valence-corrected chi connectivity index (χ1v) is 9.41. The summed E-state index contributed by atoms with van der Waals surface area (Å²) in [5.74, 6) is 1.08. The van der Waals surface area contributed by atoms with Gasteiger partial charge in [-0.3, -0.25) is 4.90 Å². The van der Waals surface area contributed by atoms with Crippen LogP contribution in [-0.2, 0) is 0 Å². The largest absolute Gasteiger partial charge is 0.507 e. The van der Waals surface area contributed by atoms with Gasteiger partial charge in [0.05, 0.1) is 17.4 Å². The van der Waals surface area contributed by atoms with E-state index in [4.69, 9.17) is 0 Å². The Balaban J connectivity index is 1.42. The molecule has 2 aromatic rings. The summed E-state index contributed by atoms with van der Waals surface area (Å²) in [4.78, 5) is 5.09. The summed E-state index contributed by atoms with van der Waals surface area (Å²) in [6, 6.07) is 10.5. The van der Waals surface area contributed by atoms with E-state index in [-0.39, 0.29) is 5.75 Å². The van der Waals surface area contributed by atoms with Crippen molar-refractivity contribution in [3.8, 4) is 17.0 Å². The lowest BCUT2D eigenvalue weighted by atomic mass is 10.0. The second kappa shape index (κ2) is 6.41. The highest BCUT2D eigenvalue weighted by atomic mass is 16.3. The van der Waals surface area contributed by atoms with Crippen molar-refractivity contribution in [2.75, 3.05) is 49.5 Å². The fraction of sp³-hybridized carbons (Fsp3) is 0.474. The van der Waals surface area contributed by atoms with E-state index in [0.29, 0.717) is 17.8 Å². The van der Waals surface area contributed by atoms with Crippen LogP contribution in [0.15, 0.2) is 30.3 Å². The number of phenols is 1. The van der Waals surface area contributed by atoms with Gasteiger partial charge < -0.3 is 20.6 Å². The number of aromatic hydroxyl groups is 1. The average Bonchev–Trinajstić information content (AvgIpc) is 3.22. The van der Waals surface area contributed by atoms with Gasteiger partial charge >= 0.3 is 0 Å². The van der Waals surface area contributed by atoms with Crippen LogP contribution in [-0.4, -0.2) is 71.6 Å². The Morgan fingerprint density at radius 2 is 2.00 bits per heavy atom. The van der Waals surface area contributed by atoms with E-state index in [1.807, 2.05) is 18.2 Å². The number of nitrogens with zero attached hydrogens (tertiary/aromatic N) is 4. The van der Waals surface area contributed by atoms with E-state index in [2.05, 4.69) is 36.7 Å². The molecule has 0 amide bonds. The number of piperazine rings is 1. The summed E-state index contributed by atoms with van der Waals surface area (Å²) >= 11 is 0. The van der Waals surface area contributed by atoms with Crippen LogP contribution in [0, 0.1) is 0 Å². The molecular formula is C19H24N6O. The van der Waals surface area contributed by atoms with Crippen LogP contribution in [0.1, 0.15) is 6.42 Å². The van der Waals surface area contributed by atoms with Crippen molar-refractivity contribution in [2.24, 2.45) is 0 Å². The molecule has 2 atom stereocenters. The molecule has 2 saturated heterocycles. The minimum Gasteiger partial charge on any atom is -0.507 e. The summed E-state index contributed by atoms with van der Waals surface area (Å²) in [5.41, 5.74) is 2.53. The van der Waals surface area contributed by atoms with Crippen molar-refractivity contribution < 1.29 is 5.11 Å². The van der Waals surface area contributed by atoms with Crippen molar-refractivity contribution in [3.05, 3.63) is 30.3 Å². The van der Waals surface area contributed by atoms with Crippen LogP contribution in [0.3, 0.4) is 0 Å². The zero-order valence-electron chi connectivity index (χ0n) is 14.7. The number of rotatable bonds is 2. The third-order valence-corrected chi connectivity index (χ3v) is 5.83. The SMILES string of the molecule is Oc1ccccc1-c1cc2c(nn1)NCC1CN(C3CCNC3)CCN21. The Hall–Kier alpha value is -2.38. The van der Waals surface area contributed by atoms with Crippen molar-refractivity contribution in [3.63, 3.8) is 0 Å². The molecule has 3 aliphatic rings. The van der Waals surface area contributed by atoms with E-state index in [1.54, 1.807) is 6.07 Å². The van der Waals surface area contributed by atoms with Crippen LogP contribution >= 0.6 is 0 Å². The first kappa shape index (κ1) is 15.8. The average molecular weight is 352 g/mol. The van der Waals surface area contributed by atoms with E-state index >= 15 is 0 Å². The molecule has 2 fully saturated rings. The number of phenolic OH excluding ortho intramolecular Hbond substituents is 1. The molecule has 0 radical (unpaired) electrons. The van der Waals surface area contributed by atoms with Gasteiger partial charge in [-0.2, -0.15) is 0 Å². The highest BCUT2D eigenvalue weighted by Crippen LogP contribution is 2.36. The Kier molecular flexibility index (Phi) is 3.90. The maximum Gasteiger partial charge on any atom is 0.172 e. The molecule has 26 heavy (non-hydrogen) atoms. The van der Waals surface area contributed by atoms with Gasteiger partial charge in [0, 0.05) is 44.3 Å². The van der Waals surface area contributed by atoms with E-state index in [9.17, 15) is 5.11 Å². The maximum absolute atomic E-state index is 10.1. The van der Waals surface area contributed by atoms with Gasteiger partial charge in [0.1, 0.15) is 5.75 Å². The molecule has 4 heterocycles. The number of fused-ring (bicyclic) bond motifs is 3. The zero-order valence-corrected chi connectivity index (χ0v) is 14.7.